The van der Waals surface area contributed by atoms with Crippen LogP contribution in [-0.2, 0) is 19.2 Å². The van der Waals surface area contributed by atoms with E-state index in [4.69, 9.17) is 24.5 Å². The van der Waals surface area contributed by atoms with Crippen LogP contribution in [0.4, 0.5) is 5.69 Å². The van der Waals surface area contributed by atoms with Crippen LogP contribution in [0.5, 0.6) is 5.88 Å². The minimum Gasteiger partial charge on any atom is -0.481 e. The number of aliphatic carboxylic acids is 2. The van der Waals surface area contributed by atoms with Gasteiger partial charge >= 0.3 is 0 Å². The number of methoxy groups -OCH3 is 1. The maximum absolute atomic E-state index is 11.0. The van der Waals surface area contributed by atoms with Gasteiger partial charge in [-0.1, -0.05) is 0 Å². The molecule has 0 radical (unpaired) electrons. The predicted octanol–water partition coefficient (Wildman–Crippen LogP) is 4.39. The number of aromatic nitrogens is 4. The van der Waals surface area contributed by atoms with Crippen molar-refractivity contribution in [2.24, 2.45) is 0 Å². The van der Waals surface area contributed by atoms with Crippen molar-refractivity contribution in [3.8, 4) is 11.6 Å². The highest BCUT2D eigenvalue weighted by atomic mass is 79.9. The van der Waals surface area contributed by atoms with Gasteiger partial charge in [0.25, 0.3) is 11.9 Å². The quantitative estimate of drug-likeness (QED) is 0.247. The number of hydrogen-bond donors (Lipinski definition) is 3. The average Bonchev–Trinajstić information content (AvgIpc) is 3.23. The van der Waals surface area contributed by atoms with Crippen molar-refractivity contribution >= 4 is 61.7 Å². The number of carboxylic acid groups (broad SMARTS) is 2. The summed E-state index contributed by atoms with van der Waals surface area (Å²) < 4.78 is 8.47. The molecular weight excluding hydrogens is 644 g/mol. The van der Waals surface area contributed by atoms with E-state index in [2.05, 4.69) is 46.8 Å². The molecule has 3 heterocycles. The molecule has 0 atom stereocenters. The van der Waals surface area contributed by atoms with Crippen LogP contribution < -0.4 is 15.8 Å². The predicted molar refractivity (Wildman–Crippen MR) is 153 cm³/mol. The molecule has 1 amide bonds. The number of hydrogen-bond acceptors (Lipinski definition) is 9. The zero-order chi connectivity index (χ0) is 29.4. The summed E-state index contributed by atoms with van der Waals surface area (Å²) in [6, 6.07) is 7.28. The number of amides is 1. The number of aryl methyl sites for hydroxylation is 2. The Labute approximate surface area is 243 Å². The van der Waals surface area contributed by atoms with Crippen LogP contribution >= 0.6 is 31.9 Å². The van der Waals surface area contributed by atoms with E-state index in [1.54, 1.807) is 18.5 Å². The first-order valence-electron chi connectivity index (χ1n) is 10.7. The maximum atomic E-state index is 11.0. The lowest BCUT2D eigenvalue weighted by Gasteiger charge is -2.17. The van der Waals surface area contributed by atoms with Gasteiger partial charge in [0.1, 0.15) is 20.7 Å². The van der Waals surface area contributed by atoms with Gasteiger partial charge in [0.2, 0.25) is 12.3 Å². The standard InChI is InChI=1S/C10H10BrN3.C10H11BrN2O3.2C2H4O2.H3N/c1-7-5-14(6-12-7)9-3-4-10(11)13-8(9)2;1-7(15)5-13(6-14)8-3-4-9(11)12-10(8)16-2;2*1-2(3)4;/h3-6H,1-2H3;3-4,6H,5H2,1-2H3;2*1H3,(H,3,4);1H3. The second kappa shape index (κ2) is 19.4. The normalized spacial score (nSPS) is 9.03. The van der Waals surface area contributed by atoms with Crippen LogP contribution in [0.2, 0.25) is 0 Å². The van der Waals surface area contributed by atoms with E-state index < -0.39 is 11.9 Å². The van der Waals surface area contributed by atoms with E-state index >= 15 is 0 Å². The monoisotopic (exact) mass is 674 g/mol. The van der Waals surface area contributed by atoms with Crippen LogP contribution in [0.15, 0.2) is 46.0 Å². The molecule has 0 aliphatic rings. The lowest BCUT2D eigenvalue weighted by molar-refractivity contribution is -0.135. The SMILES string of the molecule is CC(=O)O.CC(=O)O.COc1nc(Br)ccc1N(C=O)CC(C)=O.Cc1cn(-c2ccc(Br)nc2C)cn1.N. The van der Waals surface area contributed by atoms with Crippen molar-refractivity contribution in [2.75, 3.05) is 18.6 Å². The van der Waals surface area contributed by atoms with Gasteiger partial charge < -0.3 is 30.6 Å². The molecule has 0 aliphatic heterocycles. The second-order valence-corrected chi connectivity index (χ2v) is 8.92. The number of ketones is 1. The molecular formula is C24H32Br2N6O7. The molecule has 214 valence electrons. The van der Waals surface area contributed by atoms with Gasteiger partial charge in [-0.2, -0.15) is 0 Å². The van der Waals surface area contributed by atoms with Crippen LogP contribution in [-0.4, -0.2) is 67.5 Å². The average molecular weight is 676 g/mol. The highest BCUT2D eigenvalue weighted by molar-refractivity contribution is 9.10. The molecule has 0 saturated carbocycles. The van der Waals surface area contributed by atoms with E-state index in [-0.39, 0.29) is 18.5 Å². The molecule has 0 aromatic carbocycles. The Hall–Kier alpha value is -3.69. The molecule has 0 aliphatic carbocycles. The van der Waals surface area contributed by atoms with Crippen molar-refractivity contribution in [3.05, 3.63) is 57.4 Å². The Morgan fingerprint density at radius 1 is 1.00 bits per heavy atom. The largest absolute Gasteiger partial charge is 0.481 e. The van der Waals surface area contributed by atoms with Gasteiger partial charge in [-0.25, -0.2) is 15.0 Å². The highest BCUT2D eigenvalue weighted by Gasteiger charge is 2.14. The molecule has 0 bridgehead atoms. The fourth-order valence-electron chi connectivity index (χ4n) is 2.55. The lowest BCUT2D eigenvalue weighted by atomic mass is 10.3. The summed E-state index contributed by atoms with van der Waals surface area (Å²) in [6.45, 7) is 7.53. The summed E-state index contributed by atoms with van der Waals surface area (Å²) in [6.07, 6.45) is 4.36. The van der Waals surface area contributed by atoms with Crippen molar-refractivity contribution in [2.45, 2.75) is 34.6 Å². The first-order valence-corrected chi connectivity index (χ1v) is 12.2. The molecule has 3 aromatic heterocycles. The summed E-state index contributed by atoms with van der Waals surface area (Å²) in [4.78, 5) is 53.7. The summed E-state index contributed by atoms with van der Waals surface area (Å²) in [5, 5.41) is 14.8. The molecule has 39 heavy (non-hydrogen) atoms. The Bertz CT molecular complexity index is 1220. The fourth-order valence-corrected chi connectivity index (χ4v) is 3.24. The highest BCUT2D eigenvalue weighted by Crippen LogP contribution is 2.27. The topological polar surface area (TPSA) is 200 Å². The number of halogens is 2. The minimum atomic E-state index is -0.833. The van der Waals surface area contributed by atoms with Gasteiger partial charge in [0, 0.05) is 20.0 Å². The van der Waals surface area contributed by atoms with Gasteiger partial charge in [0.15, 0.2) is 0 Å². The minimum absolute atomic E-state index is 0. The van der Waals surface area contributed by atoms with Crippen LogP contribution in [0.25, 0.3) is 5.69 Å². The Kier molecular flexibility index (Phi) is 18.6. The first-order chi connectivity index (χ1) is 17.7. The van der Waals surface area contributed by atoms with Crippen molar-refractivity contribution in [1.29, 1.82) is 0 Å². The number of rotatable bonds is 6. The molecule has 3 aromatic rings. The van der Waals surface area contributed by atoms with Crippen molar-refractivity contribution in [3.63, 3.8) is 0 Å². The molecule has 5 N–H and O–H groups in total. The van der Waals surface area contributed by atoms with Crippen LogP contribution in [0.3, 0.4) is 0 Å². The number of carboxylic acids is 2. The van der Waals surface area contributed by atoms with Crippen LogP contribution in [0, 0.1) is 13.8 Å². The first kappa shape index (κ1) is 37.5. The third-order valence-corrected chi connectivity index (χ3v) is 4.73. The van der Waals surface area contributed by atoms with E-state index in [1.807, 2.05) is 36.7 Å². The van der Waals surface area contributed by atoms with Gasteiger partial charge in [-0.05, 0) is 76.9 Å². The zero-order valence-electron chi connectivity index (χ0n) is 22.4. The molecule has 0 fully saturated rings. The summed E-state index contributed by atoms with van der Waals surface area (Å²) >= 11 is 6.53. The molecule has 13 nitrogen and oxygen atoms in total. The van der Waals surface area contributed by atoms with E-state index in [9.17, 15) is 9.59 Å². The number of carbonyl (C=O) groups excluding carboxylic acids is 2. The molecule has 3 rings (SSSR count). The molecule has 0 saturated heterocycles. The Morgan fingerprint density at radius 3 is 1.92 bits per heavy atom. The number of imidazole rings is 1. The zero-order valence-corrected chi connectivity index (χ0v) is 25.6. The van der Waals surface area contributed by atoms with E-state index in [0.717, 1.165) is 35.5 Å². The van der Waals surface area contributed by atoms with Gasteiger partial charge in [-0.15, -0.1) is 0 Å². The van der Waals surface area contributed by atoms with E-state index in [0.29, 0.717) is 22.6 Å². The van der Waals surface area contributed by atoms with Crippen molar-refractivity contribution < 1.29 is 34.1 Å². The molecule has 15 heteroatoms. The molecule has 0 spiro atoms. The second-order valence-electron chi connectivity index (χ2n) is 7.30. The van der Waals surface area contributed by atoms with Gasteiger partial charge in [0.05, 0.1) is 37.1 Å². The van der Waals surface area contributed by atoms with E-state index in [1.165, 1.54) is 18.9 Å². The number of nitrogens with zero attached hydrogens (tertiary/aromatic N) is 5. The third kappa shape index (κ3) is 16.0. The third-order valence-electron chi connectivity index (χ3n) is 3.84. The molecule has 0 unspecified atom stereocenters. The fraction of sp³-hybridized carbons (Fsp3) is 0.292. The smallest absolute Gasteiger partial charge is 0.300 e. The maximum Gasteiger partial charge on any atom is 0.300 e. The Morgan fingerprint density at radius 2 is 1.51 bits per heavy atom. The number of ether oxygens (including phenoxy) is 1. The number of pyridine rings is 2. The Balaban J connectivity index is 0. The van der Waals surface area contributed by atoms with Crippen LogP contribution in [0.1, 0.15) is 32.2 Å². The van der Waals surface area contributed by atoms with Crippen molar-refractivity contribution in [1.82, 2.24) is 25.7 Å². The summed E-state index contributed by atoms with van der Waals surface area (Å²) in [5.74, 6) is -1.49. The number of anilines is 1. The lowest BCUT2D eigenvalue weighted by Crippen LogP contribution is -2.27. The number of carbonyl (C=O) groups is 4. The summed E-state index contributed by atoms with van der Waals surface area (Å²) in [5.41, 5.74) is 3.52. The summed E-state index contributed by atoms with van der Waals surface area (Å²) in [7, 11) is 1.45. The van der Waals surface area contributed by atoms with Gasteiger partial charge in [-0.3, -0.25) is 19.2 Å². The number of Topliss-reactive ketones (excluding diaryl/α,β-unsaturated/α-hetero) is 1.